The maximum Gasteiger partial charge on any atom is 0.294 e. The Bertz CT molecular complexity index is 765. The zero-order chi connectivity index (χ0) is 17.8. The number of nitro benzene ring substituents is 1. The van der Waals surface area contributed by atoms with Crippen LogP contribution in [0.4, 0.5) is 5.69 Å². The van der Waals surface area contributed by atoms with Gasteiger partial charge in [0.15, 0.2) is 5.69 Å². The van der Waals surface area contributed by atoms with E-state index in [2.05, 4.69) is 10.4 Å². The smallest absolute Gasteiger partial charge is 0.294 e. The van der Waals surface area contributed by atoms with Crippen molar-refractivity contribution in [2.24, 2.45) is 5.92 Å². The van der Waals surface area contributed by atoms with Crippen molar-refractivity contribution in [2.45, 2.75) is 12.8 Å². The van der Waals surface area contributed by atoms with Crippen molar-refractivity contribution in [2.75, 3.05) is 26.7 Å². The summed E-state index contributed by atoms with van der Waals surface area (Å²) in [4.78, 5) is 25.1. The molecule has 0 aliphatic carbocycles. The molecule has 0 atom stereocenters. The number of amides is 1. The molecule has 1 fully saturated rings. The Morgan fingerprint density at radius 2 is 2.04 bits per heavy atom. The number of hydrogen-bond donors (Lipinski definition) is 1. The predicted molar refractivity (Wildman–Crippen MR) is 92.8 cm³/mol. The Balaban J connectivity index is 1.74. The van der Waals surface area contributed by atoms with Crippen molar-refractivity contribution in [1.29, 1.82) is 0 Å². The molecule has 1 saturated heterocycles. The second kappa shape index (κ2) is 7.43. The normalized spacial score (nSPS) is 15.3. The van der Waals surface area contributed by atoms with Gasteiger partial charge in [0.2, 0.25) is 0 Å². The lowest BCUT2D eigenvalue weighted by atomic mass is 9.97. The van der Waals surface area contributed by atoms with E-state index < -0.39 is 4.92 Å². The van der Waals surface area contributed by atoms with E-state index >= 15 is 0 Å². The molecule has 1 amide bonds. The SMILES string of the molecule is CNCC1CCN(C(=O)c2ccn(-c3ccccc3[N+](=O)[O-])n2)CC1. The molecule has 0 radical (unpaired) electrons. The molecule has 1 N–H and O–H groups in total. The summed E-state index contributed by atoms with van der Waals surface area (Å²) >= 11 is 0. The van der Waals surface area contributed by atoms with Crippen LogP contribution in [-0.2, 0) is 0 Å². The molecule has 1 aliphatic heterocycles. The molecular formula is C17H21N5O3. The molecule has 25 heavy (non-hydrogen) atoms. The van der Waals surface area contributed by atoms with E-state index in [1.165, 1.54) is 10.7 Å². The van der Waals surface area contributed by atoms with Crippen LogP contribution in [0.2, 0.25) is 0 Å². The maximum atomic E-state index is 12.6. The summed E-state index contributed by atoms with van der Waals surface area (Å²) in [6, 6.07) is 7.96. The van der Waals surface area contributed by atoms with Gasteiger partial charge >= 0.3 is 0 Å². The summed E-state index contributed by atoms with van der Waals surface area (Å²) in [6.45, 7) is 2.39. The summed E-state index contributed by atoms with van der Waals surface area (Å²) in [7, 11) is 1.94. The third-order valence-corrected chi connectivity index (χ3v) is 4.53. The van der Waals surface area contributed by atoms with E-state index in [0.717, 1.165) is 19.4 Å². The van der Waals surface area contributed by atoms with Crippen LogP contribution in [0.3, 0.4) is 0 Å². The van der Waals surface area contributed by atoms with Crippen LogP contribution in [0.5, 0.6) is 0 Å². The number of nitro groups is 1. The quantitative estimate of drug-likeness (QED) is 0.660. The number of nitrogens with zero attached hydrogens (tertiary/aromatic N) is 4. The number of likely N-dealkylation sites (tertiary alicyclic amines) is 1. The van der Waals surface area contributed by atoms with E-state index in [1.807, 2.05) is 7.05 Å². The molecule has 2 heterocycles. The zero-order valence-electron chi connectivity index (χ0n) is 14.1. The number of aromatic nitrogens is 2. The zero-order valence-corrected chi connectivity index (χ0v) is 14.1. The van der Waals surface area contributed by atoms with E-state index in [0.29, 0.717) is 30.4 Å². The van der Waals surface area contributed by atoms with E-state index in [9.17, 15) is 14.9 Å². The van der Waals surface area contributed by atoms with Gasteiger partial charge in [-0.15, -0.1) is 0 Å². The Hall–Kier alpha value is -2.74. The second-order valence-corrected chi connectivity index (χ2v) is 6.18. The maximum absolute atomic E-state index is 12.6. The first-order valence-corrected chi connectivity index (χ1v) is 8.33. The van der Waals surface area contributed by atoms with Gasteiger partial charge in [0.1, 0.15) is 5.69 Å². The summed E-state index contributed by atoms with van der Waals surface area (Å²) in [6.07, 6.45) is 3.53. The highest BCUT2D eigenvalue weighted by Crippen LogP contribution is 2.22. The highest BCUT2D eigenvalue weighted by molar-refractivity contribution is 5.92. The van der Waals surface area contributed by atoms with Crippen molar-refractivity contribution in [3.63, 3.8) is 0 Å². The van der Waals surface area contributed by atoms with Crippen molar-refractivity contribution in [3.8, 4) is 5.69 Å². The van der Waals surface area contributed by atoms with Gasteiger partial charge in [-0.1, -0.05) is 12.1 Å². The largest absolute Gasteiger partial charge is 0.337 e. The van der Waals surface area contributed by atoms with E-state index in [-0.39, 0.29) is 11.6 Å². The highest BCUT2D eigenvalue weighted by Gasteiger charge is 2.25. The number of piperidine rings is 1. The number of carbonyl (C=O) groups excluding carboxylic acids is 1. The number of nitrogens with one attached hydrogen (secondary N) is 1. The number of para-hydroxylation sites is 2. The summed E-state index contributed by atoms with van der Waals surface area (Å²) < 4.78 is 1.39. The highest BCUT2D eigenvalue weighted by atomic mass is 16.6. The molecule has 8 heteroatoms. The van der Waals surface area contributed by atoms with Gasteiger partial charge in [-0.3, -0.25) is 14.9 Å². The first-order chi connectivity index (χ1) is 12.1. The number of hydrogen-bond acceptors (Lipinski definition) is 5. The Morgan fingerprint density at radius 1 is 1.32 bits per heavy atom. The van der Waals surface area contributed by atoms with Crippen LogP contribution in [0.1, 0.15) is 23.3 Å². The molecule has 0 saturated carbocycles. The first kappa shape index (κ1) is 17.1. The Morgan fingerprint density at radius 3 is 2.72 bits per heavy atom. The van der Waals surface area contributed by atoms with Gasteiger partial charge in [-0.25, -0.2) is 4.68 Å². The molecule has 8 nitrogen and oxygen atoms in total. The minimum atomic E-state index is -0.453. The third kappa shape index (κ3) is 3.69. The number of carbonyl (C=O) groups is 1. The molecule has 0 unspecified atom stereocenters. The summed E-state index contributed by atoms with van der Waals surface area (Å²) in [5.41, 5.74) is 0.613. The van der Waals surface area contributed by atoms with Gasteiger partial charge < -0.3 is 10.2 Å². The number of rotatable bonds is 5. The average Bonchev–Trinajstić information content (AvgIpc) is 3.12. The van der Waals surface area contributed by atoms with Crippen LogP contribution in [0.25, 0.3) is 5.69 Å². The van der Waals surface area contributed by atoms with Crippen molar-refractivity contribution < 1.29 is 9.72 Å². The lowest BCUT2D eigenvalue weighted by Crippen LogP contribution is -2.40. The molecule has 3 rings (SSSR count). The fourth-order valence-electron chi connectivity index (χ4n) is 3.18. The van der Waals surface area contributed by atoms with Crippen molar-refractivity contribution in [3.05, 3.63) is 52.3 Å². The average molecular weight is 343 g/mol. The van der Waals surface area contributed by atoms with Gasteiger partial charge in [-0.2, -0.15) is 5.10 Å². The molecule has 2 aromatic rings. The van der Waals surface area contributed by atoms with Crippen LogP contribution >= 0.6 is 0 Å². The van der Waals surface area contributed by atoms with Crippen LogP contribution in [0, 0.1) is 16.0 Å². The monoisotopic (exact) mass is 343 g/mol. The molecule has 1 aromatic heterocycles. The lowest BCUT2D eigenvalue weighted by Gasteiger charge is -2.31. The standard InChI is InChI=1S/C17H21N5O3/c1-18-12-13-6-9-20(10-7-13)17(23)14-8-11-21(19-14)15-4-2-3-5-16(15)22(24)25/h2-5,8,11,13,18H,6-7,9-10,12H2,1H3. The third-order valence-electron chi connectivity index (χ3n) is 4.53. The predicted octanol–water partition coefficient (Wildman–Crippen LogP) is 1.85. The van der Waals surface area contributed by atoms with Gasteiger partial charge in [0.05, 0.1) is 4.92 Å². The Kier molecular flexibility index (Phi) is 5.08. The fourth-order valence-corrected chi connectivity index (χ4v) is 3.18. The molecule has 1 aliphatic rings. The van der Waals surface area contributed by atoms with Gasteiger partial charge in [0, 0.05) is 25.4 Å². The van der Waals surface area contributed by atoms with Crippen LogP contribution in [0.15, 0.2) is 36.5 Å². The topological polar surface area (TPSA) is 93.3 Å². The van der Waals surface area contributed by atoms with Crippen molar-refractivity contribution >= 4 is 11.6 Å². The molecule has 132 valence electrons. The molecule has 0 spiro atoms. The Labute approximate surface area is 145 Å². The van der Waals surface area contributed by atoms with Crippen LogP contribution in [-0.4, -0.2) is 52.2 Å². The molecule has 1 aromatic carbocycles. The lowest BCUT2D eigenvalue weighted by molar-refractivity contribution is -0.384. The first-order valence-electron chi connectivity index (χ1n) is 8.33. The van der Waals surface area contributed by atoms with E-state index in [1.54, 1.807) is 35.4 Å². The fraction of sp³-hybridized carbons (Fsp3) is 0.412. The second-order valence-electron chi connectivity index (χ2n) is 6.18. The van der Waals surface area contributed by atoms with Crippen molar-refractivity contribution in [1.82, 2.24) is 20.0 Å². The molecular weight excluding hydrogens is 322 g/mol. The molecule has 0 bridgehead atoms. The van der Waals surface area contributed by atoms with E-state index in [4.69, 9.17) is 0 Å². The minimum absolute atomic E-state index is 0.0440. The van der Waals surface area contributed by atoms with Crippen LogP contribution < -0.4 is 5.32 Å². The van der Waals surface area contributed by atoms with Gasteiger partial charge in [0.25, 0.3) is 11.6 Å². The van der Waals surface area contributed by atoms with Gasteiger partial charge in [-0.05, 0) is 44.5 Å². The summed E-state index contributed by atoms with van der Waals surface area (Å²) in [5.74, 6) is 0.471. The summed E-state index contributed by atoms with van der Waals surface area (Å²) in [5, 5.41) is 18.6. The minimum Gasteiger partial charge on any atom is -0.337 e. The number of benzene rings is 1.